The van der Waals surface area contributed by atoms with E-state index in [1.165, 1.54) is 0 Å². The molecule has 0 aliphatic carbocycles. The number of nitrogen functional groups attached to an aromatic ring is 1. The van der Waals surface area contributed by atoms with Gasteiger partial charge >= 0.3 is 0 Å². The number of thiophene rings is 1. The van der Waals surface area contributed by atoms with Gasteiger partial charge in [-0.05, 0) is 45.9 Å². The summed E-state index contributed by atoms with van der Waals surface area (Å²) in [6, 6.07) is 3.86. The molecule has 0 aliphatic rings. The van der Waals surface area contributed by atoms with Gasteiger partial charge in [0.25, 0.3) is 0 Å². The number of nitrogens with two attached hydrogens (primary N) is 1. The van der Waals surface area contributed by atoms with Gasteiger partial charge in [0, 0.05) is 10.7 Å². The summed E-state index contributed by atoms with van der Waals surface area (Å²) in [6.45, 7) is 1.99. The molecule has 3 heterocycles. The van der Waals surface area contributed by atoms with Crippen molar-refractivity contribution in [2.45, 2.75) is 6.92 Å². The molecule has 0 atom stereocenters. The van der Waals surface area contributed by atoms with Gasteiger partial charge in [-0.15, -0.1) is 21.5 Å². The largest absolute Gasteiger partial charge is 0.397 e. The zero-order chi connectivity index (χ0) is 12.0. The van der Waals surface area contributed by atoms with Crippen molar-refractivity contribution in [1.29, 1.82) is 0 Å². The van der Waals surface area contributed by atoms with E-state index in [1.54, 1.807) is 11.3 Å². The number of aryl methyl sites for hydroxylation is 1. The first-order chi connectivity index (χ1) is 8.16. The van der Waals surface area contributed by atoms with Crippen molar-refractivity contribution in [3.8, 4) is 10.7 Å². The van der Waals surface area contributed by atoms with Crippen molar-refractivity contribution in [1.82, 2.24) is 14.6 Å². The normalized spacial score (nSPS) is 11.2. The molecule has 0 amide bonds. The Kier molecular flexibility index (Phi) is 2.41. The monoisotopic (exact) mass is 308 g/mol. The Morgan fingerprint density at radius 3 is 2.88 bits per heavy atom. The molecule has 3 rings (SSSR count). The van der Waals surface area contributed by atoms with Gasteiger partial charge in [0.1, 0.15) is 0 Å². The molecule has 0 bridgehead atoms. The minimum absolute atomic E-state index is 0.782. The Hall–Kier alpha value is -1.40. The van der Waals surface area contributed by atoms with Crippen molar-refractivity contribution in [2.75, 3.05) is 5.73 Å². The summed E-state index contributed by atoms with van der Waals surface area (Å²) in [4.78, 5) is 0.966. The summed E-state index contributed by atoms with van der Waals surface area (Å²) in [5.74, 6) is 0.789. The number of anilines is 1. The highest BCUT2D eigenvalue weighted by Gasteiger charge is 2.14. The van der Waals surface area contributed by atoms with Crippen LogP contribution in [0.15, 0.2) is 28.2 Å². The lowest BCUT2D eigenvalue weighted by Crippen LogP contribution is -1.92. The average molecular weight is 309 g/mol. The van der Waals surface area contributed by atoms with Gasteiger partial charge in [-0.2, -0.15) is 0 Å². The first-order valence-corrected chi connectivity index (χ1v) is 6.68. The van der Waals surface area contributed by atoms with Crippen LogP contribution in [0.5, 0.6) is 0 Å². The van der Waals surface area contributed by atoms with E-state index < -0.39 is 0 Å². The molecule has 0 spiro atoms. The third kappa shape index (κ3) is 1.64. The first kappa shape index (κ1) is 10.7. The Labute approximate surface area is 110 Å². The number of fused-ring (bicyclic) bond motifs is 1. The molecular weight excluding hydrogens is 300 g/mol. The summed E-state index contributed by atoms with van der Waals surface area (Å²) in [5.41, 5.74) is 8.72. The highest BCUT2D eigenvalue weighted by atomic mass is 79.9. The van der Waals surface area contributed by atoms with Crippen LogP contribution in [0.3, 0.4) is 0 Å². The first-order valence-electron chi connectivity index (χ1n) is 5.01. The molecule has 0 aliphatic heterocycles. The SMILES string of the molecule is Cc1csc(-c2nnc3ccc(Br)cn23)c1N. The number of nitrogens with zero attached hydrogens (tertiary/aromatic N) is 3. The molecule has 0 radical (unpaired) electrons. The fraction of sp³-hybridized carbons (Fsp3) is 0.0909. The summed E-state index contributed by atoms with van der Waals surface area (Å²) in [7, 11) is 0. The van der Waals surface area contributed by atoms with Gasteiger partial charge < -0.3 is 5.73 Å². The van der Waals surface area contributed by atoms with Gasteiger partial charge in [0.2, 0.25) is 0 Å². The van der Waals surface area contributed by atoms with Gasteiger partial charge in [0.05, 0.1) is 10.6 Å². The van der Waals surface area contributed by atoms with Gasteiger partial charge in [-0.3, -0.25) is 4.40 Å². The zero-order valence-corrected chi connectivity index (χ0v) is 11.4. The van der Waals surface area contributed by atoms with E-state index in [2.05, 4.69) is 26.1 Å². The molecule has 0 saturated carbocycles. The van der Waals surface area contributed by atoms with E-state index in [0.29, 0.717) is 0 Å². The van der Waals surface area contributed by atoms with Crippen LogP contribution in [0, 0.1) is 6.92 Å². The number of hydrogen-bond acceptors (Lipinski definition) is 4. The topological polar surface area (TPSA) is 56.2 Å². The van der Waals surface area contributed by atoms with Crippen molar-refractivity contribution in [3.05, 3.63) is 33.7 Å². The van der Waals surface area contributed by atoms with Gasteiger partial charge in [0.15, 0.2) is 11.5 Å². The van der Waals surface area contributed by atoms with Crippen molar-refractivity contribution < 1.29 is 0 Å². The number of pyridine rings is 1. The number of aromatic nitrogens is 3. The molecule has 2 N–H and O–H groups in total. The molecule has 17 heavy (non-hydrogen) atoms. The van der Waals surface area contributed by atoms with E-state index in [-0.39, 0.29) is 0 Å². The average Bonchev–Trinajstić information content (AvgIpc) is 2.84. The molecule has 0 saturated heterocycles. The standard InChI is InChI=1S/C11H9BrN4S/c1-6-5-17-10(9(6)13)11-15-14-8-3-2-7(12)4-16(8)11/h2-5H,13H2,1H3. The molecule has 0 unspecified atom stereocenters. The highest BCUT2D eigenvalue weighted by molar-refractivity contribution is 9.10. The van der Waals surface area contributed by atoms with Crippen LogP contribution in [0.25, 0.3) is 16.3 Å². The number of hydrogen-bond donors (Lipinski definition) is 1. The Bertz CT molecular complexity index is 701. The molecule has 3 aromatic rings. The molecular formula is C11H9BrN4S. The maximum Gasteiger partial charge on any atom is 0.180 e. The van der Waals surface area contributed by atoms with E-state index in [1.807, 2.05) is 35.0 Å². The predicted molar refractivity (Wildman–Crippen MR) is 73.1 cm³/mol. The van der Waals surface area contributed by atoms with Crippen LogP contribution in [0.1, 0.15) is 5.56 Å². The van der Waals surface area contributed by atoms with E-state index in [0.717, 1.165) is 32.1 Å². The molecule has 86 valence electrons. The molecule has 3 aromatic heterocycles. The summed E-state index contributed by atoms with van der Waals surface area (Å²) in [5, 5.41) is 10.4. The highest BCUT2D eigenvalue weighted by Crippen LogP contribution is 2.33. The molecule has 4 nitrogen and oxygen atoms in total. The smallest absolute Gasteiger partial charge is 0.180 e. The molecule has 0 aromatic carbocycles. The second kappa shape index (κ2) is 3.82. The summed E-state index contributed by atoms with van der Waals surface area (Å²) in [6.07, 6.45) is 1.94. The summed E-state index contributed by atoms with van der Waals surface area (Å²) >= 11 is 5.03. The van der Waals surface area contributed by atoms with E-state index >= 15 is 0 Å². The number of halogens is 1. The lowest BCUT2D eigenvalue weighted by atomic mass is 10.3. The fourth-order valence-corrected chi connectivity index (χ4v) is 2.94. The van der Waals surface area contributed by atoms with Crippen molar-refractivity contribution >= 4 is 38.6 Å². The number of rotatable bonds is 1. The third-order valence-corrected chi connectivity index (χ3v) is 4.17. The second-order valence-corrected chi connectivity index (χ2v) is 5.56. The van der Waals surface area contributed by atoms with Crippen LogP contribution in [0.2, 0.25) is 0 Å². The van der Waals surface area contributed by atoms with Crippen molar-refractivity contribution in [3.63, 3.8) is 0 Å². The van der Waals surface area contributed by atoms with Crippen LogP contribution in [-0.2, 0) is 0 Å². The van der Waals surface area contributed by atoms with E-state index in [9.17, 15) is 0 Å². The van der Waals surface area contributed by atoms with E-state index in [4.69, 9.17) is 5.73 Å². The minimum Gasteiger partial charge on any atom is -0.397 e. The third-order valence-electron chi connectivity index (χ3n) is 2.59. The van der Waals surface area contributed by atoms with Gasteiger partial charge in [-0.25, -0.2) is 0 Å². The Morgan fingerprint density at radius 1 is 1.35 bits per heavy atom. The molecule has 0 fully saturated rings. The van der Waals surface area contributed by atoms with Crippen LogP contribution >= 0.6 is 27.3 Å². The minimum atomic E-state index is 0.782. The van der Waals surface area contributed by atoms with Crippen LogP contribution in [-0.4, -0.2) is 14.6 Å². The Morgan fingerprint density at radius 2 is 2.18 bits per heavy atom. The Balaban J connectivity index is 2.31. The lowest BCUT2D eigenvalue weighted by Gasteiger charge is -1.99. The summed E-state index contributed by atoms with van der Waals surface area (Å²) < 4.78 is 2.92. The quantitative estimate of drug-likeness (QED) is 0.751. The maximum atomic E-state index is 6.04. The maximum absolute atomic E-state index is 6.04. The van der Waals surface area contributed by atoms with Crippen LogP contribution < -0.4 is 5.73 Å². The second-order valence-electron chi connectivity index (χ2n) is 3.76. The zero-order valence-electron chi connectivity index (χ0n) is 9.01. The van der Waals surface area contributed by atoms with Gasteiger partial charge in [-0.1, -0.05) is 0 Å². The fourth-order valence-electron chi connectivity index (χ4n) is 1.65. The van der Waals surface area contributed by atoms with Crippen molar-refractivity contribution in [2.24, 2.45) is 0 Å². The predicted octanol–water partition coefficient (Wildman–Crippen LogP) is 3.11. The lowest BCUT2D eigenvalue weighted by molar-refractivity contribution is 1.12. The molecule has 6 heteroatoms. The van der Waals surface area contributed by atoms with Crippen LogP contribution in [0.4, 0.5) is 5.69 Å².